The van der Waals surface area contributed by atoms with E-state index < -0.39 is 20.0 Å². The zero-order valence-electron chi connectivity index (χ0n) is 21.0. The summed E-state index contributed by atoms with van der Waals surface area (Å²) in [6.45, 7) is 4.43. The quantitative estimate of drug-likeness (QED) is 0.110. The van der Waals surface area contributed by atoms with Crippen LogP contribution in [0.4, 0.5) is 0 Å². The van der Waals surface area contributed by atoms with Crippen molar-refractivity contribution in [3.8, 4) is 0 Å². The van der Waals surface area contributed by atoms with Crippen molar-refractivity contribution >= 4 is 20.0 Å². The average molecular weight is 497 g/mol. The molecule has 0 aliphatic rings. The molecule has 0 aromatic heterocycles. The molecule has 8 heteroatoms. The van der Waals surface area contributed by atoms with E-state index in [1.165, 1.54) is 77.0 Å². The van der Waals surface area contributed by atoms with Crippen LogP contribution in [0.15, 0.2) is 0 Å². The van der Waals surface area contributed by atoms with Gasteiger partial charge in [-0.2, -0.15) is 0 Å². The molecule has 0 aliphatic carbocycles. The molecule has 0 radical (unpaired) electrons. The number of nitrogens with one attached hydrogen (secondary N) is 2. The summed E-state index contributed by atoms with van der Waals surface area (Å²) in [6, 6.07) is 0. The second kappa shape index (κ2) is 21.4. The lowest BCUT2D eigenvalue weighted by Crippen LogP contribution is -2.43. The van der Waals surface area contributed by atoms with Gasteiger partial charge in [-0.25, -0.2) is 16.8 Å². The highest BCUT2D eigenvalue weighted by Gasteiger charge is 2.15. The van der Waals surface area contributed by atoms with Crippen molar-refractivity contribution in [3.05, 3.63) is 0 Å². The van der Waals surface area contributed by atoms with Crippen LogP contribution < -0.4 is 9.66 Å². The van der Waals surface area contributed by atoms with Crippen molar-refractivity contribution in [1.82, 2.24) is 9.66 Å². The lowest BCUT2D eigenvalue weighted by molar-refractivity contribution is 0.543. The molecule has 32 heavy (non-hydrogen) atoms. The fourth-order valence-corrected chi connectivity index (χ4v) is 6.18. The molecule has 0 heterocycles. The molecule has 0 fully saturated rings. The first-order valence-electron chi connectivity index (χ1n) is 13.3. The van der Waals surface area contributed by atoms with Gasteiger partial charge >= 0.3 is 0 Å². The van der Waals surface area contributed by atoms with Gasteiger partial charge in [0.1, 0.15) is 0 Å². The van der Waals surface area contributed by atoms with E-state index in [2.05, 4.69) is 13.8 Å². The van der Waals surface area contributed by atoms with Gasteiger partial charge < -0.3 is 0 Å². The molecule has 6 nitrogen and oxygen atoms in total. The van der Waals surface area contributed by atoms with Gasteiger partial charge in [-0.15, -0.1) is 9.66 Å². The minimum absolute atomic E-state index is 0.0374. The summed E-state index contributed by atoms with van der Waals surface area (Å²) in [7, 11) is -7.23. The Bertz CT molecular complexity index is 553. The van der Waals surface area contributed by atoms with Gasteiger partial charge in [0.25, 0.3) is 0 Å². The van der Waals surface area contributed by atoms with Crippen molar-refractivity contribution in [2.45, 2.75) is 142 Å². The van der Waals surface area contributed by atoms with Gasteiger partial charge in [0, 0.05) is 0 Å². The molecular formula is C24H52N2O4S2. The fourth-order valence-electron chi connectivity index (χ4n) is 3.79. The Morgan fingerprint density at radius 2 is 0.594 bits per heavy atom. The largest absolute Gasteiger partial charge is 0.225 e. The summed E-state index contributed by atoms with van der Waals surface area (Å²) < 4.78 is 48.1. The number of unbranched alkanes of at least 4 members (excludes halogenated alkanes) is 18. The summed E-state index contributed by atoms with van der Waals surface area (Å²) in [5, 5.41) is 0. The third-order valence-corrected chi connectivity index (χ3v) is 8.49. The second-order valence-electron chi connectivity index (χ2n) is 9.21. The molecule has 0 spiro atoms. The normalized spacial score (nSPS) is 12.4. The van der Waals surface area contributed by atoms with E-state index in [-0.39, 0.29) is 11.5 Å². The summed E-state index contributed by atoms with van der Waals surface area (Å²) in [4.78, 5) is 4.10. The summed E-state index contributed by atoms with van der Waals surface area (Å²) in [5.74, 6) is -0.0748. The molecule has 0 amide bonds. The van der Waals surface area contributed by atoms with Gasteiger partial charge in [0.15, 0.2) is 0 Å². The van der Waals surface area contributed by atoms with E-state index >= 15 is 0 Å². The van der Waals surface area contributed by atoms with Crippen LogP contribution in [0.3, 0.4) is 0 Å². The van der Waals surface area contributed by atoms with E-state index in [4.69, 9.17) is 0 Å². The van der Waals surface area contributed by atoms with Crippen molar-refractivity contribution in [1.29, 1.82) is 0 Å². The lowest BCUT2D eigenvalue weighted by atomic mass is 10.1. The van der Waals surface area contributed by atoms with Crippen LogP contribution in [0.1, 0.15) is 142 Å². The molecule has 0 rings (SSSR count). The lowest BCUT2D eigenvalue weighted by Gasteiger charge is -2.09. The smallest absolute Gasteiger partial charge is 0.211 e. The Balaban J connectivity index is 3.67. The Morgan fingerprint density at radius 1 is 0.375 bits per heavy atom. The molecule has 0 atom stereocenters. The first-order valence-corrected chi connectivity index (χ1v) is 16.6. The van der Waals surface area contributed by atoms with E-state index in [9.17, 15) is 16.8 Å². The molecule has 0 aliphatic heterocycles. The Kier molecular flexibility index (Phi) is 21.2. The van der Waals surface area contributed by atoms with Crippen LogP contribution in [-0.4, -0.2) is 28.3 Å². The zero-order valence-corrected chi connectivity index (χ0v) is 22.6. The molecule has 0 saturated heterocycles. The third kappa shape index (κ3) is 23.0. The fraction of sp³-hybridized carbons (Fsp3) is 1.00. The van der Waals surface area contributed by atoms with E-state index in [1.807, 2.05) is 9.66 Å². The van der Waals surface area contributed by atoms with Gasteiger partial charge in [0.2, 0.25) is 20.0 Å². The highest BCUT2D eigenvalue weighted by Crippen LogP contribution is 2.12. The highest BCUT2D eigenvalue weighted by atomic mass is 32.2. The van der Waals surface area contributed by atoms with Crippen LogP contribution >= 0.6 is 0 Å². The predicted octanol–water partition coefficient (Wildman–Crippen LogP) is 6.58. The van der Waals surface area contributed by atoms with Crippen molar-refractivity contribution in [2.75, 3.05) is 11.5 Å². The van der Waals surface area contributed by atoms with Gasteiger partial charge in [-0.3, -0.25) is 0 Å². The Morgan fingerprint density at radius 3 is 0.844 bits per heavy atom. The number of rotatable bonds is 25. The van der Waals surface area contributed by atoms with Crippen LogP contribution in [0, 0.1) is 0 Å². The molecule has 2 N–H and O–H groups in total. The molecule has 0 saturated carbocycles. The minimum Gasteiger partial charge on any atom is -0.211 e. The monoisotopic (exact) mass is 496 g/mol. The van der Waals surface area contributed by atoms with E-state index in [0.717, 1.165) is 38.5 Å². The molecule has 0 aromatic rings. The van der Waals surface area contributed by atoms with E-state index in [1.54, 1.807) is 0 Å². The second-order valence-corrected chi connectivity index (χ2v) is 12.9. The Labute approximate surface area is 200 Å². The molecular weight excluding hydrogens is 444 g/mol. The summed E-state index contributed by atoms with van der Waals surface area (Å²) >= 11 is 0. The van der Waals surface area contributed by atoms with Crippen molar-refractivity contribution < 1.29 is 16.8 Å². The van der Waals surface area contributed by atoms with Gasteiger partial charge in [0.05, 0.1) is 11.5 Å². The molecule has 0 unspecified atom stereocenters. The van der Waals surface area contributed by atoms with Gasteiger partial charge in [-0.05, 0) is 12.8 Å². The van der Waals surface area contributed by atoms with Crippen LogP contribution in [0.2, 0.25) is 0 Å². The summed E-state index contributed by atoms with van der Waals surface area (Å²) in [5.41, 5.74) is 0. The number of hydrogen-bond acceptors (Lipinski definition) is 4. The zero-order chi connectivity index (χ0) is 24.0. The van der Waals surface area contributed by atoms with Crippen molar-refractivity contribution in [2.24, 2.45) is 0 Å². The van der Waals surface area contributed by atoms with Gasteiger partial charge in [-0.1, -0.05) is 129 Å². The topological polar surface area (TPSA) is 92.3 Å². The maximum absolute atomic E-state index is 12.0. The van der Waals surface area contributed by atoms with Crippen LogP contribution in [0.5, 0.6) is 0 Å². The first-order chi connectivity index (χ1) is 15.3. The maximum Gasteiger partial charge on any atom is 0.225 e. The average Bonchev–Trinajstić information content (AvgIpc) is 2.75. The number of sulfonamides is 2. The summed E-state index contributed by atoms with van der Waals surface area (Å²) in [6.07, 6.45) is 22.5. The highest BCUT2D eigenvalue weighted by molar-refractivity contribution is 7.92. The SMILES string of the molecule is CCCCCCCCCCCCS(=O)(=O)NNS(=O)(=O)CCCCCCCCCCCC. The number of hydrogen-bond donors (Lipinski definition) is 2. The van der Waals surface area contributed by atoms with Crippen LogP contribution in [-0.2, 0) is 20.0 Å². The molecule has 0 bridgehead atoms. The molecule has 194 valence electrons. The predicted molar refractivity (Wildman–Crippen MR) is 138 cm³/mol. The first kappa shape index (κ1) is 31.8. The van der Waals surface area contributed by atoms with E-state index in [0.29, 0.717) is 12.8 Å². The third-order valence-electron chi connectivity index (χ3n) is 5.89. The number of hydrazine groups is 1. The maximum atomic E-state index is 12.0. The van der Waals surface area contributed by atoms with Crippen LogP contribution in [0.25, 0.3) is 0 Å². The minimum atomic E-state index is -3.62. The van der Waals surface area contributed by atoms with Crippen molar-refractivity contribution in [3.63, 3.8) is 0 Å². The molecule has 0 aromatic carbocycles. The Hall–Kier alpha value is -0.180. The standard InChI is InChI=1S/C24H52N2O4S2/c1-3-5-7-9-11-13-15-17-19-21-23-31(27,28)25-26-32(29,30)24-22-20-18-16-14-12-10-8-6-4-2/h25-26H,3-24H2,1-2H3.